The van der Waals surface area contributed by atoms with Crippen LogP contribution in [0.2, 0.25) is 0 Å². The highest BCUT2D eigenvalue weighted by molar-refractivity contribution is 5.28. The number of rotatable bonds is 1. The molecule has 4 aliphatic rings. The van der Waals surface area contributed by atoms with Gasteiger partial charge in [-0.2, -0.15) is 0 Å². The SMILES string of the molecule is CC1C=C2CCCC(C)[C@]2(CO)[C@@H]2CC[C@]3(C)C(O)CC[C@H]3[C@H]12. The molecule has 2 N–H and O–H groups in total. The fraction of sp³-hybridized carbons (Fsp3) is 0.905. The van der Waals surface area contributed by atoms with Gasteiger partial charge in [0.2, 0.25) is 0 Å². The molecule has 0 bridgehead atoms. The average molecular weight is 319 g/mol. The zero-order valence-corrected chi connectivity index (χ0v) is 15.1. The fourth-order valence-electron chi connectivity index (χ4n) is 7.55. The van der Waals surface area contributed by atoms with Gasteiger partial charge in [-0.05, 0) is 80.0 Å². The molecule has 130 valence electrons. The largest absolute Gasteiger partial charge is 0.395 e. The molecule has 2 heteroatoms. The normalized spacial score (nSPS) is 55.6. The van der Waals surface area contributed by atoms with E-state index in [4.69, 9.17) is 0 Å². The summed E-state index contributed by atoms with van der Waals surface area (Å²) in [6, 6.07) is 0. The van der Waals surface area contributed by atoms with Gasteiger partial charge < -0.3 is 10.2 Å². The van der Waals surface area contributed by atoms with Crippen molar-refractivity contribution in [3.8, 4) is 0 Å². The zero-order chi connectivity index (χ0) is 16.4. The van der Waals surface area contributed by atoms with Gasteiger partial charge in [-0.3, -0.25) is 0 Å². The summed E-state index contributed by atoms with van der Waals surface area (Å²) >= 11 is 0. The topological polar surface area (TPSA) is 40.5 Å². The van der Waals surface area contributed by atoms with Crippen molar-refractivity contribution in [3.05, 3.63) is 11.6 Å². The van der Waals surface area contributed by atoms with Crippen molar-refractivity contribution >= 4 is 0 Å². The van der Waals surface area contributed by atoms with Crippen molar-refractivity contribution in [2.75, 3.05) is 6.61 Å². The van der Waals surface area contributed by atoms with E-state index in [1.807, 2.05) is 0 Å². The van der Waals surface area contributed by atoms with E-state index in [2.05, 4.69) is 26.8 Å². The van der Waals surface area contributed by atoms with E-state index in [1.54, 1.807) is 5.57 Å². The van der Waals surface area contributed by atoms with Crippen LogP contribution in [0.25, 0.3) is 0 Å². The van der Waals surface area contributed by atoms with E-state index >= 15 is 0 Å². The number of aliphatic hydroxyl groups is 2. The lowest BCUT2D eigenvalue weighted by Gasteiger charge is -2.61. The van der Waals surface area contributed by atoms with E-state index < -0.39 is 0 Å². The molecule has 3 unspecified atom stereocenters. The molecule has 4 rings (SSSR count). The Morgan fingerprint density at radius 1 is 1.13 bits per heavy atom. The molecule has 0 aromatic heterocycles. The minimum Gasteiger partial charge on any atom is -0.395 e. The van der Waals surface area contributed by atoms with Crippen molar-refractivity contribution in [1.82, 2.24) is 0 Å². The molecule has 0 spiro atoms. The van der Waals surface area contributed by atoms with Crippen LogP contribution in [0.1, 0.15) is 65.7 Å². The molecule has 0 aromatic carbocycles. The van der Waals surface area contributed by atoms with Gasteiger partial charge in [-0.15, -0.1) is 0 Å². The van der Waals surface area contributed by atoms with Gasteiger partial charge in [0.25, 0.3) is 0 Å². The van der Waals surface area contributed by atoms with Crippen LogP contribution in [-0.4, -0.2) is 22.9 Å². The van der Waals surface area contributed by atoms with Gasteiger partial charge in [-0.1, -0.05) is 32.4 Å². The molecule has 23 heavy (non-hydrogen) atoms. The van der Waals surface area contributed by atoms with Crippen molar-refractivity contribution in [2.45, 2.75) is 71.8 Å². The highest BCUT2D eigenvalue weighted by atomic mass is 16.3. The standard InChI is InChI=1S/C21H34O2/c1-13-11-15-6-4-5-14(2)21(15,12-22)17-9-10-20(3)16(19(13)17)7-8-18(20)23/h11,13-14,16-19,22-23H,4-10,12H2,1-3H3/t13?,14?,16-,17+,18?,19-,20-,21-/m0/s1. The minimum atomic E-state index is -0.111. The summed E-state index contributed by atoms with van der Waals surface area (Å²) in [4.78, 5) is 0. The molecule has 4 aliphatic carbocycles. The van der Waals surface area contributed by atoms with Gasteiger partial charge in [0, 0.05) is 5.41 Å². The monoisotopic (exact) mass is 318 g/mol. The second-order valence-electron chi connectivity index (χ2n) is 9.47. The van der Waals surface area contributed by atoms with Crippen LogP contribution in [0, 0.1) is 40.4 Å². The first-order chi connectivity index (χ1) is 10.9. The third-order valence-corrected chi connectivity index (χ3v) is 8.84. The van der Waals surface area contributed by atoms with E-state index in [1.165, 1.54) is 32.1 Å². The smallest absolute Gasteiger partial charge is 0.0596 e. The van der Waals surface area contributed by atoms with Crippen molar-refractivity contribution in [1.29, 1.82) is 0 Å². The molecule has 0 heterocycles. The second-order valence-corrected chi connectivity index (χ2v) is 9.47. The lowest BCUT2D eigenvalue weighted by Crippen LogP contribution is -2.56. The summed E-state index contributed by atoms with van der Waals surface area (Å²) in [6.07, 6.45) is 10.7. The molecular formula is C21H34O2. The van der Waals surface area contributed by atoms with Gasteiger partial charge in [0.15, 0.2) is 0 Å². The predicted molar refractivity (Wildman–Crippen MR) is 92.8 cm³/mol. The van der Waals surface area contributed by atoms with Crippen LogP contribution < -0.4 is 0 Å². The van der Waals surface area contributed by atoms with Gasteiger partial charge >= 0.3 is 0 Å². The Morgan fingerprint density at radius 3 is 2.65 bits per heavy atom. The molecular weight excluding hydrogens is 284 g/mol. The van der Waals surface area contributed by atoms with Gasteiger partial charge in [0.1, 0.15) is 0 Å². The van der Waals surface area contributed by atoms with Crippen LogP contribution >= 0.6 is 0 Å². The maximum Gasteiger partial charge on any atom is 0.0596 e. The third-order valence-electron chi connectivity index (χ3n) is 8.84. The Balaban J connectivity index is 1.79. The zero-order valence-electron chi connectivity index (χ0n) is 15.1. The maximum absolute atomic E-state index is 10.6. The average Bonchev–Trinajstić information content (AvgIpc) is 2.83. The van der Waals surface area contributed by atoms with Crippen LogP contribution in [0.5, 0.6) is 0 Å². The van der Waals surface area contributed by atoms with Crippen LogP contribution in [0.4, 0.5) is 0 Å². The lowest BCUT2D eigenvalue weighted by atomic mass is 9.44. The van der Waals surface area contributed by atoms with Gasteiger partial charge in [0.05, 0.1) is 12.7 Å². The van der Waals surface area contributed by atoms with E-state index in [0.29, 0.717) is 36.2 Å². The Labute approximate surface area is 141 Å². The molecule has 3 saturated carbocycles. The second kappa shape index (κ2) is 5.33. The van der Waals surface area contributed by atoms with Crippen LogP contribution in [-0.2, 0) is 0 Å². The fourth-order valence-corrected chi connectivity index (χ4v) is 7.55. The van der Waals surface area contributed by atoms with E-state index in [-0.39, 0.29) is 16.9 Å². The first-order valence-electron chi connectivity index (χ1n) is 9.95. The summed E-state index contributed by atoms with van der Waals surface area (Å²) < 4.78 is 0. The number of hydrogen-bond donors (Lipinski definition) is 2. The predicted octanol–water partition coefficient (Wildman–Crippen LogP) is 4.16. The molecule has 0 aromatic rings. The highest BCUT2D eigenvalue weighted by Gasteiger charge is 2.61. The molecule has 0 saturated heterocycles. The Hall–Kier alpha value is -0.340. The molecule has 8 atom stereocenters. The highest BCUT2D eigenvalue weighted by Crippen LogP contribution is 2.66. The first-order valence-corrected chi connectivity index (χ1v) is 9.95. The Bertz CT molecular complexity index is 512. The Kier molecular flexibility index (Phi) is 3.74. The van der Waals surface area contributed by atoms with E-state index in [9.17, 15) is 10.2 Å². The molecule has 0 amide bonds. The van der Waals surface area contributed by atoms with Crippen LogP contribution in [0.3, 0.4) is 0 Å². The van der Waals surface area contributed by atoms with Gasteiger partial charge in [-0.25, -0.2) is 0 Å². The minimum absolute atomic E-state index is 0.0459. The van der Waals surface area contributed by atoms with Crippen LogP contribution in [0.15, 0.2) is 11.6 Å². The maximum atomic E-state index is 10.6. The molecule has 2 nitrogen and oxygen atoms in total. The summed E-state index contributed by atoms with van der Waals surface area (Å²) in [5.41, 5.74) is 1.74. The lowest BCUT2D eigenvalue weighted by molar-refractivity contribution is -0.111. The number of fused-ring (bicyclic) bond motifs is 5. The number of aliphatic hydroxyl groups excluding tert-OH is 2. The molecule has 3 fully saturated rings. The third kappa shape index (κ3) is 1.94. The van der Waals surface area contributed by atoms with E-state index in [0.717, 1.165) is 12.8 Å². The Morgan fingerprint density at radius 2 is 1.91 bits per heavy atom. The first kappa shape index (κ1) is 16.1. The molecule has 0 aliphatic heterocycles. The molecule has 0 radical (unpaired) electrons. The number of hydrogen-bond acceptors (Lipinski definition) is 2. The summed E-state index contributed by atoms with van der Waals surface area (Å²) in [5, 5.41) is 21.1. The quantitative estimate of drug-likeness (QED) is 0.713. The van der Waals surface area contributed by atoms with Crippen molar-refractivity contribution in [2.24, 2.45) is 40.4 Å². The summed E-state index contributed by atoms with van der Waals surface area (Å²) in [6.45, 7) is 7.46. The summed E-state index contributed by atoms with van der Waals surface area (Å²) in [7, 11) is 0. The number of allylic oxidation sites excluding steroid dienone is 1. The van der Waals surface area contributed by atoms with Crippen molar-refractivity contribution < 1.29 is 10.2 Å². The van der Waals surface area contributed by atoms with Crippen molar-refractivity contribution in [3.63, 3.8) is 0 Å². The summed E-state index contributed by atoms with van der Waals surface area (Å²) in [5.74, 6) is 3.13.